The number of fused-ring (bicyclic) bond motifs is 3. The average Bonchev–Trinajstić information content (AvgIpc) is 3.30. The zero-order chi connectivity index (χ0) is 21.0. The number of hydrogen-bond acceptors (Lipinski definition) is 4. The molecule has 0 aliphatic rings. The van der Waals surface area contributed by atoms with Gasteiger partial charge in [-0.15, -0.1) is 0 Å². The fourth-order valence-corrected chi connectivity index (χ4v) is 3.99. The van der Waals surface area contributed by atoms with Gasteiger partial charge < -0.3 is 4.42 Å². The Kier molecular flexibility index (Phi) is 4.30. The normalized spacial score (nSPS) is 11.6. The number of aromatic nitrogens is 4. The summed E-state index contributed by atoms with van der Waals surface area (Å²) in [6, 6.07) is 14.5. The minimum atomic E-state index is -0.521. The zero-order valence-corrected chi connectivity index (χ0v) is 17.2. The number of hydrogen-bond donors (Lipinski definition) is 0. The summed E-state index contributed by atoms with van der Waals surface area (Å²) in [7, 11) is 1.55. The molecule has 0 unspecified atom stereocenters. The molecule has 2 aromatic carbocycles. The molecule has 0 saturated carbocycles. The average molecular weight is 441 g/mol. The minimum absolute atomic E-state index is 0.0589. The summed E-state index contributed by atoms with van der Waals surface area (Å²) in [6.07, 6.45) is 1.69. The Morgan fingerprint density at radius 3 is 2.40 bits per heavy atom. The third kappa shape index (κ3) is 2.78. The van der Waals surface area contributed by atoms with Gasteiger partial charge in [-0.05, 0) is 12.1 Å². The predicted molar refractivity (Wildman–Crippen MR) is 115 cm³/mol. The quantitative estimate of drug-likeness (QED) is 0.425. The van der Waals surface area contributed by atoms with E-state index in [9.17, 15) is 9.59 Å². The van der Waals surface area contributed by atoms with Crippen molar-refractivity contribution >= 4 is 40.2 Å². The van der Waals surface area contributed by atoms with Crippen molar-refractivity contribution in [2.24, 2.45) is 7.05 Å². The molecule has 7 nitrogen and oxygen atoms in total. The van der Waals surface area contributed by atoms with Crippen molar-refractivity contribution in [3.8, 4) is 11.3 Å². The third-order valence-electron chi connectivity index (χ3n) is 5.03. The maximum absolute atomic E-state index is 13.3. The lowest BCUT2D eigenvalue weighted by Crippen LogP contribution is -2.39. The molecule has 0 aliphatic carbocycles. The monoisotopic (exact) mass is 440 g/mol. The Morgan fingerprint density at radius 2 is 1.70 bits per heavy atom. The van der Waals surface area contributed by atoms with Gasteiger partial charge >= 0.3 is 11.5 Å². The minimum Gasteiger partial charge on any atom is -0.423 e. The van der Waals surface area contributed by atoms with Gasteiger partial charge in [-0.3, -0.25) is 18.3 Å². The summed E-state index contributed by atoms with van der Waals surface area (Å²) < 4.78 is 9.80. The summed E-state index contributed by atoms with van der Waals surface area (Å²) in [4.78, 5) is 30.5. The van der Waals surface area contributed by atoms with Crippen LogP contribution in [0.5, 0.6) is 0 Å². The lowest BCUT2D eigenvalue weighted by atomic mass is 10.2. The van der Waals surface area contributed by atoms with Crippen molar-refractivity contribution < 1.29 is 4.42 Å². The van der Waals surface area contributed by atoms with E-state index in [1.54, 1.807) is 35.8 Å². The molecule has 0 radical (unpaired) electrons. The highest BCUT2D eigenvalue weighted by atomic mass is 35.5. The predicted octanol–water partition coefficient (Wildman–Crippen LogP) is 3.96. The van der Waals surface area contributed by atoms with Crippen molar-refractivity contribution in [1.82, 2.24) is 18.5 Å². The van der Waals surface area contributed by atoms with E-state index >= 15 is 0 Å². The smallest absolute Gasteiger partial charge is 0.332 e. The number of aryl methyl sites for hydroxylation is 1. The topological polar surface area (TPSA) is 74.4 Å². The SMILES string of the molecule is Cn1c(=O)n(Cc2c(Cl)cccc2Cl)c(=O)c2c1nc1oc(-c3ccccc3)cn12. The highest BCUT2D eigenvalue weighted by Crippen LogP contribution is 2.26. The molecule has 0 spiro atoms. The summed E-state index contributed by atoms with van der Waals surface area (Å²) in [5, 5.41) is 0.759. The van der Waals surface area contributed by atoms with E-state index < -0.39 is 11.2 Å². The van der Waals surface area contributed by atoms with Gasteiger partial charge in [0.25, 0.3) is 5.56 Å². The summed E-state index contributed by atoms with van der Waals surface area (Å²) >= 11 is 12.5. The van der Waals surface area contributed by atoms with Crippen LogP contribution in [0.3, 0.4) is 0 Å². The maximum Gasteiger partial charge on any atom is 0.332 e. The second-order valence-electron chi connectivity index (χ2n) is 6.83. The summed E-state index contributed by atoms with van der Waals surface area (Å²) in [5.41, 5.74) is 0.803. The van der Waals surface area contributed by atoms with Crippen molar-refractivity contribution in [2.45, 2.75) is 6.54 Å². The Balaban J connectivity index is 1.76. The first-order valence-electron chi connectivity index (χ1n) is 9.05. The third-order valence-corrected chi connectivity index (χ3v) is 5.74. The summed E-state index contributed by atoms with van der Waals surface area (Å²) in [6.45, 7) is -0.0589. The molecule has 3 heterocycles. The lowest BCUT2D eigenvalue weighted by Gasteiger charge is -2.10. The number of nitrogens with zero attached hydrogens (tertiary/aromatic N) is 4. The Labute approximate surface area is 179 Å². The van der Waals surface area contributed by atoms with E-state index in [1.807, 2.05) is 30.3 Å². The first-order chi connectivity index (χ1) is 14.5. The van der Waals surface area contributed by atoms with Crippen LogP contribution in [0.4, 0.5) is 0 Å². The molecule has 0 aliphatic heterocycles. The van der Waals surface area contributed by atoms with Crippen molar-refractivity contribution in [3.05, 3.63) is 91.2 Å². The molecule has 0 N–H and O–H groups in total. The zero-order valence-electron chi connectivity index (χ0n) is 15.7. The number of imidazole rings is 1. The molecule has 0 atom stereocenters. The lowest BCUT2D eigenvalue weighted by molar-refractivity contribution is 0.610. The number of rotatable bonds is 3. The fraction of sp³-hybridized carbons (Fsp3) is 0.0952. The highest BCUT2D eigenvalue weighted by Gasteiger charge is 2.21. The molecule has 0 amide bonds. The number of oxazole rings is 1. The van der Waals surface area contributed by atoms with Crippen LogP contribution in [0.15, 0.2) is 68.7 Å². The van der Waals surface area contributed by atoms with Crippen LogP contribution in [0, 0.1) is 0 Å². The van der Waals surface area contributed by atoms with E-state index in [0.717, 1.165) is 10.1 Å². The molecule has 5 rings (SSSR count). The first-order valence-corrected chi connectivity index (χ1v) is 9.81. The van der Waals surface area contributed by atoms with Crippen LogP contribution in [-0.2, 0) is 13.6 Å². The van der Waals surface area contributed by atoms with Gasteiger partial charge in [-0.1, -0.05) is 59.6 Å². The van der Waals surface area contributed by atoms with Gasteiger partial charge in [0, 0.05) is 28.2 Å². The van der Waals surface area contributed by atoms with Crippen molar-refractivity contribution in [2.75, 3.05) is 0 Å². The first kappa shape index (κ1) is 18.7. The van der Waals surface area contributed by atoms with Crippen LogP contribution >= 0.6 is 23.2 Å². The van der Waals surface area contributed by atoms with E-state index in [0.29, 0.717) is 21.4 Å². The Bertz CT molecular complexity index is 1520. The fourth-order valence-electron chi connectivity index (χ4n) is 3.47. The van der Waals surface area contributed by atoms with Gasteiger partial charge in [0.15, 0.2) is 16.9 Å². The molecular weight excluding hydrogens is 427 g/mol. The largest absolute Gasteiger partial charge is 0.423 e. The van der Waals surface area contributed by atoms with Crippen LogP contribution in [0.2, 0.25) is 10.0 Å². The molecule has 30 heavy (non-hydrogen) atoms. The van der Waals surface area contributed by atoms with Crippen LogP contribution in [0.1, 0.15) is 5.56 Å². The molecule has 9 heteroatoms. The van der Waals surface area contributed by atoms with E-state index in [1.165, 1.54) is 4.57 Å². The van der Waals surface area contributed by atoms with Gasteiger partial charge in [-0.25, -0.2) is 4.79 Å². The Hall–Kier alpha value is -3.29. The Morgan fingerprint density at radius 1 is 1.00 bits per heavy atom. The van der Waals surface area contributed by atoms with Crippen molar-refractivity contribution in [1.29, 1.82) is 0 Å². The number of halogens is 2. The number of benzene rings is 2. The highest BCUT2D eigenvalue weighted by molar-refractivity contribution is 6.35. The molecule has 5 aromatic rings. The second-order valence-corrected chi connectivity index (χ2v) is 7.65. The molecule has 0 fully saturated rings. The van der Waals surface area contributed by atoms with Crippen molar-refractivity contribution in [3.63, 3.8) is 0 Å². The van der Waals surface area contributed by atoms with Crippen LogP contribution in [-0.4, -0.2) is 18.5 Å². The molecule has 3 aromatic heterocycles. The molecule has 0 saturated heterocycles. The second kappa shape index (κ2) is 6.90. The summed E-state index contributed by atoms with van der Waals surface area (Å²) in [5.74, 6) is 0.790. The van der Waals surface area contributed by atoms with Crippen LogP contribution < -0.4 is 11.2 Å². The molecule has 150 valence electrons. The van der Waals surface area contributed by atoms with E-state index in [4.69, 9.17) is 27.6 Å². The van der Waals surface area contributed by atoms with Gasteiger partial charge in [0.2, 0.25) is 0 Å². The maximum atomic E-state index is 13.3. The molecular formula is C21H14Cl2N4O3. The van der Waals surface area contributed by atoms with Gasteiger partial charge in [-0.2, -0.15) is 4.98 Å². The van der Waals surface area contributed by atoms with E-state index in [2.05, 4.69) is 4.98 Å². The van der Waals surface area contributed by atoms with Gasteiger partial charge in [0.05, 0.1) is 12.7 Å². The van der Waals surface area contributed by atoms with Gasteiger partial charge in [0.1, 0.15) is 0 Å². The molecule has 0 bridgehead atoms. The van der Waals surface area contributed by atoms with E-state index in [-0.39, 0.29) is 23.6 Å². The van der Waals surface area contributed by atoms with Crippen LogP contribution in [0.25, 0.3) is 28.3 Å². The standard InChI is InChI=1S/C21H14Cl2N4O3/c1-25-18-17(26-11-16(30-20(26)24-18)12-6-3-2-4-7-12)19(28)27(21(25)29)10-13-14(22)8-5-9-15(13)23/h2-9,11H,10H2,1H3.